The minimum absolute atomic E-state index is 0.351. The van der Waals surface area contributed by atoms with Crippen molar-refractivity contribution in [2.75, 3.05) is 6.61 Å². The van der Waals surface area contributed by atoms with Gasteiger partial charge in [-0.25, -0.2) is 0 Å². The largest absolute Gasteiger partial charge is 0.396 e. The number of aliphatic hydroxyl groups excluding tert-OH is 1. The first-order chi connectivity index (χ1) is 6.70. The van der Waals surface area contributed by atoms with Crippen molar-refractivity contribution < 1.29 is 5.11 Å². The predicted octanol–water partition coefficient (Wildman–Crippen LogP) is 4.00. The highest BCUT2D eigenvalue weighted by Gasteiger charge is 2.04. The van der Waals surface area contributed by atoms with Gasteiger partial charge in [0.15, 0.2) is 0 Å². The van der Waals surface area contributed by atoms with Crippen LogP contribution in [0.4, 0.5) is 0 Å². The van der Waals surface area contributed by atoms with Crippen LogP contribution in [-0.2, 0) is 0 Å². The molecule has 0 aromatic heterocycles. The van der Waals surface area contributed by atoms with Gasteiger partial charge < -0.3 is 5.11 Å². The maximum atomic E-state index is 8.87. The van der Waals surface area contributed by atoms with Crippen molar-refractivity contribution in [1.29, 1.82) is 0 Å². The summed E-state index contributed by atoms with van der Waals surface area (Å²) in [4.78, 5) is 0. The topological polar surface area (TPSA) is 20.2 Å². The molecule has 0 amide bonds. The van der Waals surface area contributed by atoms with Crippen LogP contribution < -0.4 is 0 Å². The zero-order valence-electron chi connectivity index (χ0n) is 10.3. The summed E-state index contributed by atoms with van der Waals surface area (Å²) in [6.45, 7) is 7.10. The van der Waals surface area contributed by atoms with Crippen molar-refractivity contribution in [3.8, 4) is 0 Å². The number of rotatable bonds is 9. The zero-order valence-corrected chi connectivity index (χ0v) is 10.3. The zero-order chi connectivity index (χ0) is 10.8. The lowest BCUT2D eigenvalue weighted by atomic mass is 9.95. The molecular formula is C13H28O. The van der Waals surface area contributed by atoms with E-state index in [0.29, 0.717) is 12.5 Å². The van der Waals surface area contributed by atoms with Crippen LogP contribution >= 0.6 is 0 Å². The standard InChI is InChI=1S/C13H28O/c1-4-5-6-8-12(2)9-7-10-13(3)11-14/h12-14H,4-11H2,1-3H3. The molecule has 14 heavy (non-hydrogen) atoms. The molecule has 0 saturated carbocycles. The highest BCUT2D eigenvalue weighted by atomic mass is 16.3. The summed E-state index contributed by atoms with van der Waals surface area (Å²) in [6, 6.07) is 0. The van der Waals surface area contributed by atoms with E-state index in [1.807, 2.05) is 0 Å². The Hall–Kier alpha value is -0.0400. The van der Waals surface area contributed by atoms with Crippen LogP contribution in [0.15, 0.2) is 0 Å². The average molecular weight is 200 g/mol. The van der Waals surface area contributed by atoms with Gasteiger partial charge in [0.25, 0.3) is 0 Å². The van der Waals surface area contributed by atoms with Crippen molar-refractivity contribution in [2.24, 2.45) is 11.8 Å². The Morgan fingerprint density at radius 2 is 1.43 bits per heavy atom. The first kappa shape index (κ1) is 14.0. The third-order valence-electron chi connectivity index (χ3n) is 3.01. The summed E-state index contributed by atoms with van der Waals surface area (Å²) in [5, 5.41) is 8.87. The molecule has 2 unspecified atom stereocenters. The lowest BCUT2D eigenvalue weighted by Crippen LogP contribution is -2.02. The maximum absolute atomic E-state index is 8.87. The van der Waals surface area contributed by atoms with E-state index in [9.17, 15) is 0 Å². The predicted molar refractivity (Wildman–Crippen MR) is 63.4 cm³/mol. The molecule has 0 fully saturated rings. The number of hydrogen-bond donors (Lipinski definition) is 1. The molecule has 0 aliphatic carbocycles. The van der Waals surface area contributed by atoms with Crippen molar-refractivity contribution >= 4 is 0 Å². The van der Waals surface area contributed by atoms with Crippen LogP contribution in [0.25, 0.3) is 0 Å². The summed E-state index contributed by atoms with van der Waals surface area (Å²) < 4.78 is 0. The summed E-state index contributed by atoms with van der Waals surface area (Å²) in [7, 11) is 0. The number of aliphatic hydroxyl groups is 1. The second-order valence-corrected chi connectivity index (χ2v) is 4.82. The van der Waals surface area contributed by atoms with E-state index in [0.717, 1.165) is 5.92 Å². The molecule has 0 aliphatic rings. The van der Waals surface area contributed by atoms with Gasteiger partial charge in [-0.3, -0.25) is 0 Å². The molecule has 0 radical (unpaired) electrons. The molecule has 0 rings (SSSR count). The van der Waals surface area contributed by atoms with E-state index in [1.165, 1.54) is 44.9 Å². The molecule has 0 saturated heterocycles. The molecule has 1 N–H and O–H groups in total. The fraction of sp³-hybridized carbons (Fsp3) is 1.00. The van der Waals surface area contributed by atoms with Gasteiger partial charge in [-0.1, -0.05) is 59.3 Å². The lowest BCUT2D eigenvalue weighted by molar-refractivity contribution is 0.225. The van der Waals surface area contributed by atoms with Crippen molar-refractivity contribution in [3.63, 3.8) is 0 Å². The Labute approximate surface area is 89.9 Å². The van der Waals surface area contributed by atoms with Gasteiger partial charge in [-0.15, -0.1) is 0 Å². The van der Waals surface area contributed by atoms with Gasteiger partial charge in [-0.2, -0.15) is 0 Å². The van der Waals surface area contributed by atoms with E-state index in [1.54, 1.807) is 0 Å². The number of unbranched alkanes of at least 4 members (excludes halogenated alkanes) is 2. The molecule has 86 valence electrons. The summed E-state index contributed by atoms with van der Waals surface area (Å²) in [5.41, 5.74) is 0. The van der Waals surface area contributed by atoms with E-state index >= 15 is 0 Å². The Morgan fingerprint density at radius 3 is 2.00 bits per heavy atom. The molecule has 0 aromatic rings. The third-order valence-corrected chi connectivity index (χ3v) is 3.01. The molecule has 1 nitrogen and oxygen atoms in total. The second kappa shape index (κ2) is 9.51. The molecule has 0 aromatic carbocycles. The van der Waals surface area contributed by atoms with E-state index in [2.05, 4.69) is 20.8 Å². The Kier molecular flexibility index (Phi) is 9.49. The fourth-order valence-electron chi connectivity index (χ4n) is 1.79. The van der Waals surface area contributed by atoms with Crippen LogP contribution in [-0.4, -0.2) is 11.7 Å². The van der Waals surface area contributed by atoms with Gasteiger partial charge in [0.2, 0.25) is 0 Å². The Balaban J connectivity index is 3.21. The van der Waals surface area contributed by atoms with E-state index in [4.69, 9.17) is 5.11 Å². The SMILES string of the molecule is CCCCCC(C)CCCC(C)CO. The Morgan fingerprint density at radius 1 is 0.857 bits per heavy atom. The van der Waals surface area contributed by atoms with Crippen molar-refractivity contribution in [2.45, 2.75) is 65.7 Å². The maximum Gasteiger partial charge on any atom is 0.0456 e. The fourth-order valence-corrected chi connectivity index (χ4v) is 1.79. The lowest BCUT2D eigenvalue weighted by Gasteiger charge is -2.12. The van der Waals surface area contributed by atoms with Gasteiger partial charge >= 0.3 is 0 Å². The van der Waals surface area contributed by atoms with Gasteiger partial charge in [0.05, 0.1) is 0 Å². The van der Waals surface area contributed by atoms with Crippen LogP contribution in [0.1, 0.15) is 65.7 Å². The highest BCUT2D eigenvalue weighted by Crippen LogP contribution is 2.17. The van der Waals surface area contributed by atoms with Crippen LogP contribution in [0.2, 0.25) is 0 Å². The third kappa shape index (κ3) is 8.55. The Bertz CT molecular complexity index is 112. The van der Waals surface area contributed by atoms with Gasteiger partial charge in [-0.05, 0) is 18.3 Å². The highest BCUT2D eigenvalue weighted by molar-refractivity contribution is 4.57. The first-order valence-corrected chi connectivity index (χ1v) is 6.31. The minimum atomic E-state index is 0.351. The van der Waals surface area contributed by atoms with Crippen LogP contribution in [0.5, 0.6) is 0 Å². The summed E-state index contributed by atoms with van der Waals surface area (Å²) >= 11 is 0. The number of hydrogen-bond acceptors (Lipinski definition) is 1. The second-order valence-electron chi connectivity index (χ2n) is 4.82. The quantitative estimate of drug-likeness (QED) is 0.558. The molecule has 0 aliphatic heterocycles. The monoisotopic (exact) mass is 200 g/mol. The molecular weight excluding hydrogens is 172 g/mol. The van der Waals surface area contributed by atoms with Gasteiger partial charge in [0.1, 0.15) is 0 Å². The van der Waals surface area contributed by atoms with Crippen molar-refractivity contribution in [1.82, 2.24) is 0 Å². The first-order valence-electron chi connectivity index (χ1n) is 6.31. The smallest absolute Gasteiger partial charge is 0.0456 e. The average Bonchev–Trinajstić information content (AvgIpc) is 2.18. The molecule has 0 heterocycles. The van der Waals surface area contributed by atoms with E-state index < -0.39 is 0 Å². The summed E-state index contributed by atoms with van der Waals surface area (Å²) in [6.07, 6.45) is 9.32. The van der Waals surface area contributed by atoms with Crippen LogP contribution in [0.3, 0.4) is 0 Å². The minimum Gasteiger partial charge on any atom is -0.396 e. The van der Waals surface area contributed by atoms with Gasteiger partial charge in [0, 0.05) is 6.61 Å². The van der Waals surface area contributed by atoms with Crippen molar-refractivity contribution in [3.05, 3.63) is 0 Å². The summed E-state index contributed by atoms with van der Waals surface area (Å²) in [5.74, 6) is 1.38. The van der Waals surface area contributed by atoms with Crippen LogP contribution in [0, 0.1) is 11.8 Å². The molecule has 0 spiro atoms. The molecule has 1 heteroatoms. The molecule has 2 atom stereocenters. The normalized spacial score (nSPS) is 15.4. The molecule has 0 bridgehead atoms. The van der Waals surface area contributed by atoms with E-state index in [-0.39, 0.29) is 0 Å².